The first-order valence-electron chi connectivity index (χ1n) is 6.70. The van der Waals surface area contributed by atoms with E-state index in [-0.39, 0.29) is 6.54 Å². The van der Waals surface area contributed by atoms with Crippen LogP contribution in [0.2, 0.25) is 0 Å². The van der Waals surface area contributed by atoms with Gasteiger partial charge in [-0.15, -0.1) is 5.10 Å². The van der Waals surface area contributed by atoms with Crippen LogP contribution >= 0.6 is 0 Å². The molecule has 3 heterocycles. The number of aromatic nitrogens is 6. The fraction of sp³-hybridized carbons (Fsp3) is 0.143. The first kappa shape index (κ1) is 13.7. The molecule has 0 radical (unpaired) electrons. The van der Waals surface area contributed by atoms with E-state index in [9.17, 15) is 13.2 Å². The Hall–Kier alpha value is -2.97. The third kappa shape index (κ3) is 2.30. The summed E-state index contributed by atoms with van der Waals surface area (Å²) in [6, 6.07) is 7.45. The van der Waals surface area contributed by atoms with Crippen molar-refractivity contribution in [3.63, 3.8) is 0 Å². The zero-order valence-electron chi connectivity index (χ0n) is 11.5. The second-order valence-corrected chi connectivity index (χ2v) is 5.00. The molecule has 0 aliphatic heterocycles. The van der Waals surface area contributed by atoms with E-state index in [2.05, 4.69) is 25.3 Å². The van der Waals surface area contributed by atoms with Crippen LogP contribution in [0.15, 0.2) is 36.8 Å². The number of para-hydroxylation sites is 1. The lowest BCUT2D eigenvalue weighted by Gasteiger charge is -2.05. The number of rotatable bonds is 2. The lowest BCUT2D eigenvalue weighted by Crippen LogP contribution is -2.06. The number of nitrogens with zero attached hydrogens (tertiary/aromatic N) is 5. The van der Waals surface area contributed by atoms with Crippen molar-refractivity contribution in [1.29, 1.82) is 0 Å². The molecule has 0 aliphatic rings. The summed E-state index contributed by atoms with van der Waals surface area (Å²) in [4.78, 5) is 11.8. The van der Waals surface area contributed by atoms with Gasteiger partial charge in [0.1, 0.15) is 0 Å². The van der Waals surface area contributed by atoms with Gasteiger partial charge in [-0.2, -0.15) is 13.2 Å². The number of fused-ring (bicyclic) bond motifs is 3. The van der Waals surface area contributed by atoms with Gasteiger partial charge in [0.05, 0.1) is 41.3 Å². The van der Waals surface area contributed by atoms with Crippen molar-refractivity contribution >= 4 is 21.9 Å². The van der Waals surface area contributed by atoms with Crippen molar-refractivity contribution in [3.05, 3.63) is 48.2 Å². The van der Waals surface area contributed by atoms with Crippen LogP contribution in [-0.2, 0) is 12.7 Å². The molecule has 0 atom stereocenters. The molecule has 1 aromatic carbocycles. The minimum atomic E-state index is -4.52. The normalized spacial score (nSPS) is 12.3. The van der Waals surface area contributed by atoms with Crippen molar-refractivity contribution in [2.24, 2.45) is 0 Å². The van der Waals surface area contributed by atoms with E-state index in [1.807, 2.05) is 24.3 Å². The third-order valence-electron chi connectivity index (χ3n) is 3.48. The second-order valence-electron chi connectivity index (χ2n) is 5.00. The monoisotopic (exact) mass is 318 g/mol. The van der Waals surface area contributed by atoms with E-state index in [4.69, 9.17) is 0 Å². The van der Waals surface area contributed by atoms with Gasteiger partial charge in [0.2, 0.25) is 0 Å². The van der Waals surface area contributed by atoms with E-state index in [1.54, 1.807) is 0 Å². The van der Waals surface area contributed by atoms with Gasteiger partial charge in [-0.1, -0.05) is 23.4 Å². The van der Waals surface area contributed by atoms with Gasteiger partial charge in [-0.3, -0.25) is 0 Å². The number of alkyl halides is 3. The number of nitrogens with one attached hydrogen (secondary N) is 1. The summed E-state index contributed by atoms with van der Waals surface area (Å²) < 4.78 is 38.9. The topological polar surface area (TPSA) is 72.3 Å². The van der Waals surface area contributed by atoms with Gasteiger partial charge in [-0.25, -0.2) is 14.6 Å². The Bertz CT molecular complexity index is 1000. The average molecular weight is 318 g/mol. The zero-order valence-corrected chi connectivity index (χ0v) is 11.5. The van der Waals surface area contributed by atoms with Crippen molar-refractivity contribution in [3.8, 4) is 0 Å². The maximum atomic E-state index is 12.6. The van der Waals surface area contributed by atoms with Crippen LogP contribution < -0.4 is 0 Å². The SMILES string of the molecule is FC(F)(F)c1cn(Cc2nc3ccccc3c3nc[nH]c23)nn1. The smallest absolute Gasteiger partial charge is 0.343 e. The van der Waals surface area contributed by atoms with Gasteiger partial charge in [0.25, 0.3) is 0 Å². The molecule has 23 heavy (non-hydrogen) atoms. The lowest BCUT2D eigenvalue weighted by atomic mass is 10.1. The molecule has 0 amide bonds. The van der Waals surface area contributed by atoms with Gasteiger partial charge in [-0.05, 0) is 6.07 Å². The molecule has 1 N–H and O–H groups in total. The van der Waals surface area contributed by atoms with Crippen LogP contribution in [0.25, 0.3) is 21.9 Å². The molecular weight excluding hydrogens is 309 g/mol. The summed E-state index contributed by atoms with van der Waals surface area (Å²) in [5.41, 5.74) is 1.64. The third-order valence-corrected chi connectivity index (χ3v) is 3.48. The largest absolute Gasteiger partial charge is 0.436 e. The first-order valence-corrected chi connectivity index (χ1v) is 6.70. The highest BCUT2D eigenvalue weighted by atomic mass is 19.4. The Morgan fingerprint density at radius 3 is 2.78 bits per heavy atom. The molecule has 116 valence electrons. The van der Waals surface area contributed by atoms with Crippen LogP contribution in [0.5, 0.6) is 0 Å². The van der Waals surface area contributed by atoms with Crippen LogP contribution in [0.1, 0.15) is 11.4 Å². The zero-order chi connectivity index (χ0) is 16.0. The Morgan fingerprint density at radius 1 is 1.17 bits per heavy atom. The molecule has 6 nitrogen and oxygen atoms in total. The Kier molecular flexibility index (Phi) is 2.83. The lowest BCUT2D eigenvalue weighted by molar-refractivity contribution is -0.141. The summed E-state index contributed by atoms with van der Waals surface area (Å²) >= 11 is 0. The predicted molar refractivity (Wildman–Crippen MR) is 75.5 cm³/mol. The van der Waals surface area contributed by atoms with E-state index >= 15 is 0 Å². The summed E-state index contributed by atoms with van der Waals surface area (Å²) in [6.07, 6.45) is -2.12. The Labute approximate surface area is 127 Å². The quantitative estimate of drug-likeness (QED) is 0.617. The molecule has 0 spiro atoms. The van der Waals surface area contributed by atoms with Crippen molar-refractivity contribution in [1.82, 2.24) is 29.9 Å². The maximum absolute atomic E-state index is 12.6. The molecule has 0 saturated heterocycles. The van der Waals surface area contributed by atoms with Crippen molar-refractivity contribution in [2.45, 2.75) is 12.7 Å². The molecular formula is C14H9F3N6. The molecule has 9 heteroatoms. The van der Waals surface area contributed by atoms with Crippen LogP contribution in [0.3, 0.4) is 0 Å². The highest BCUT2D eigenvalue weighted by Crippen LogP contribution is 2.27. The number of imidazole rings is 1. The highest BCUT2D eigenvalue weighted by Gasteiger charge is 2.34. The van der Waals surface area contributed by atoms with Gasteiger partial charge in [0, 0.05) is 5.39 Å². The number of benzene rings is 1. The van der Waals surface area contributed by atoms with E-state index in [0.717, 1.165) is 27.3 Å². The Morgan fingerprint density at radius 2 is 2.00 bits per heavy atom. The van der Waals surface area contributed by atoms with Crippen LogP contribution in [0, 0.1) is 0 Å². The molecule has 0 aliphatic carbocycles. The standard InChI is InChI=1S/C14H9F3N6/c15-14(16,17)11-6-23(22-21-11)5-10-13-12(18-7-19-13)8-3-1-2-4-9(8)20-10/h1-4,6-7H,5H2,(H,18,19). The highest BCUT2D eigenvalue weighted by molar-refractivity contribution is 6.02. The van der Waals surface area contributed by atoms with Crippen molar-refractivity contribution in [2.75, 3.05) is 0 Å². The minimum absolute atomic E-state index is 0.0621. The number of H-pyrrole nitrogens is 1. The Balaban J connectivity index is 1.81. The number of pyridine rings is 1. The number of hydrogen-bond donors (Lipinski definition) is 1. The van der Waals surface area contributed by atoms with Crippen molar-refractivity contribution < 1.29 is 13.2 Å². The minimum Gasteiger partial charge on any atom is -0.343 e. The molecule has 0 bridgehead atoms. The maximum Gasteiger partial charge on any atom is 0.436 e. The van der Waals surface area contributed by atoms with Crippen LogP contribution in [0.4, 0.5) is 13.2 Å². The molecule has 0 fully saturated rings. The summed E-state index contributed by atoms with van der Waals surface area (Å²) in [5.74, 6) is 0. The fourth-order valence-electron chi connectivity index (χ4n) is 2.46. The molecule has 3 aromatic heterocycles. The molecule has 4 aromatic rings. The van der Waals surface area contributed by atoms with E-state index in [0.29, 0.717) is 11.2 Å². The van der Waals surface area contributed by atoms with Gasteiger partial charge < -0.3 is 4.98 Å². The molecule has 4 rings (SSSR count). The predicted octanol–water partition coefficient (Wildman–Crippen LogP) is 2.77. The first-order chi connectivity index (χ1) is 11.0. The summed E-state index contributed by atoms with van der Waals surface area (Å²) in [5, 5.41) is 7.55. The fourth-order valence-corrected chi connectivity index (χ4v) is 2.46. The number of aromatic amines is 1. The summed E-state index contributed by atoms with van der Waals surface area (Å²) in [7, 11) is 0. The molecule has 0 unspecified atom stereocenters. The second kappa shape index (κ2) is 4.77. The number of halogens is 3. The van der Waals surface area contributed by atoms with Crippen LogP contribution in [-0.4, -0.2) is 29.9 Å². The molecule has 0 saturated carbocycles. The summed E-state index contributed by atoms with van der Waals surface area (Å²) in [6.45, 7) is 0.0621. The van der Waals surface area contributed by atoms with E-state index < -0.39 is 11.9 Å². The van der Waals surface area contributed by atoms with E-state index in [1.165, 1.54) is 6.33 Å². The van der Waals surface area contributed by atoms with Gasteiger partial charge >= 0.3 is 6.18 Å². The van der Waals surface area contributed by atoms with Gasteiger partial charge in [0.15, 0.2) is 5.69 Å². The number of hydrogen-bond acceptors (Lipinski definition) is 4. The average Bonchev–Trinajstić information content (AvgIpc) is 3.16.